The zero-order chi connectivity index (χ0) is 16.3. The second-order valence-electron chi connectivity index (χ2n) is 5.14. The van der Waals surface area contributed by atoms with E-state index in [1.54, 1.807) is 39.0 Å². The molecule has 1 heterocycles. The molecule has 0 fully saturated rings. The molecule has 0 aliphatic carbocycles. The zero-order valence-electron chi connectivity index (χ0n) is 12.6. The number of amides is 1. The highest BCUT2D eigenvalue weighted by Crippen LogP contribution is 2.16. The molecule has 2 N–H and O–H groups in total. The molecule has 0 unspecified atom stereocenters. The van der Waals surface area contributed by atoms with Gasteiger partial charge in [-0.3, -0.25) is 4.79 Å². The summed E-state index contributed by atoms with van der Waals surface area (Å²) in [5, 5.41) is 2.69. The second-order valence-corrected chi connectivity index (χ2v) is 6.86. The first-order valence-electron chi connectivity index (χ1n) is 6.77. The van der Waals surface area contributed by atoms with Gasteiger partial charge in [-0.15, -0.1) is 0 Å². The zero-order valence-corrected chi connectivity index (χ0v) is 13.4. The van der Waals surface area contributed by atoms with Crippen molar-refractivity contribution in [2.24, 2.45) is 0 Å². The molecular weight excluding hydrogens is 304 g/mol. The lowest BCUT2D eigenvalue weighted by atomic mass is 10.2. The van der Waals surface area contributed by atoms with Gasteiger partial charge in [0.05, 0.1) is 16.7 Å². The minimum atomic E-state index is -3.53. The SMILES string of the molecule is Cc1occc1C(=O)Nc1ccc(S(=O)(=O)NC(C)C)cc1. The Bertz CT molecular complexity index is 761. The van der Waals surface area contributed by atoms with Gasteiger partial charge in [-0.25, -0.2) is 13.1 Å². The molecule has 2 aromatic rings. The minimum Gasteiger partial charge on any atom is -0.469 e. The van der Waals surface area contributed by atoms with E-state index in [1.165, 1.54) is 18.4 Å². The third-order valence-electron chi connectivity index (χ3n) is 2.92. The third kappa shape index (κ3) is 3.75. The van der Waals surface area contributed by atoms with Crippen LogP contribution in [0.5, 0.6) is 0 Å². The van der Waals surface area contributed by atoms with Crippen LogP contribution in [-0.4, -0.2) is 20.4 Å². The lowest BCUT2D eigenvalue weighted by Crippen LogP contribution is -2.30. The molecule has 6 nitrogen and oxygen atoms in total. The standard InChI is InChI=1S/C15H18N2O4S/c1-10(2)17-22(19,20)13-6-4-12(5-7-13)16-15(18)14-8-9-21-11(14)3/h4-10,17H,1-3H3,(H,16,18). The Balaban J connectivity index is 2.13. The number of furan rings is 1. The van der Waals surface area contributed by atoms with E-state index in [2.05, 4.69) is 10.0 Å². The van der Waals surface area contributed by atoms with E-state index in [0.717, 1.165) is 0 Å². The Morgan fingerprint density at radius 3 is 2.27 bits per heavy atom. The number of nitrogens with one attached hydrogen (secondary N) is 2. The predicted molar refractivity (Wildman–Crippen MR) is 83.3 cm³/mol. The normalized spacial score (nSPS) is 11.6. The van der Waals surface area contributed by atoms with E-state index >= 15 is 0 Å². The first-order chi connectivity index (χ1) is 10.3. The first-order valence-corrected chi connectivity index (χ1v) is 8.26. The van der Waals surface area contributed by atoms with E-state index in [1.807, 2.05) is 0 Å². The average molecular weight is 322 g/mol. The van der Waals surface area contributed by atoms with Crippen LogP contribution in [0.15, 0.2) is 45.9 Å². The van der Waals surface area contributed by atoms with Crippen LogP contribution in [0.3, 0.4) is 0 Å². The molecule has 0 atom stereocenters. The van der Waals surface area contributed by atoms with Crippen LogP contribution in [0.25, 0.3) is 0 Å². The highest BCUT2D eigenvalue weighted by atomic mass is 32.2. The number of benzene rings is 1. The van der Waals surface area contributed by atoms with Crippen molar-refractivity contribution in [2.45, 2.75) is 31.7 Å². The number of carbonyl (C=O) groups is 1. The molecule has 0 saturated carbocycles. The maximum Gasteiger partial charge on any atom is 0.259 e. The van der Waals surface area contributed by atoms with Gasteiger partial charge in [-0.05, 0) is 51.1 Å². The van der Waals surface area contributed by atoms with E-state index < -0.39 is 10.0 Å². The Morgan fingerprint density at radius 1 is 1.14 bits per heavy atom. The van der Waals surface area contributed by atoms with E-state index in [0.29, 0.717) is 17.0 Å². The average Bonchev–Trinajstić information content (AvgIpc) is 2.84. The lowest BCUT2D eigenvalue weighted by molar-refractivity contribution is 0.102. The van der Waals surface area contributed by atoms with Crippen LogP contribution < -0.4 is 10.0 Å². The van der Waals surface area contributed by atoms with Crippen LogP contribution in [0.1, 0.15) is 30.0 Å². The highest BCUT2D eigenvalue weighted by molar-refractivity contribution is 7.89. The van der Waals surface area contributed by atoms with Gasteiger partial charge in [0.25, 0.3) is 5.91 Å². The summed E-state index contributed by atoms with van der Waals surface area (Å²) in [6.07, 6.45) is 1.44. The fraction of sp³-hybridized carbons (Fsp3) is 0.267. The molecule has 22 heavy (non-hydrogen) atoms. The molecule has 1 aromatic carbocycles. The summed E-state index contributed by atoms with van der Waals surface area (Å²) in [7, 11) is -3.53. The van der Waals surface area contributed by atoms with Crippen molar-refractivity contribution in [3.05, 3.63) is 47.9 Å². The highest BCUT2D eigenvalue weighted by Gasteiger charge is 2.16. The Labute approximate surface area is 129 Å². The molecule has 1 amide bonds. The molecule has 0 bridgehead atoms. The minimum absolute atomic E-state index is 0.152. The van der Waals surface area contributed by atoms with Crippen LogP contribution in [0.2, 0.25) is 0 Å². The summed E-state index contributed by atoms with van der Waals surface area (Å²) >= 11 is 0. The first kappa shape index (κ1) is 16.3. The van der Waals surface area contributed by atoms with E-state index in [9.17, 15) is 13.2 Å². The van der Waals surface area contributed by atoms with Crippen LogP contribution in [-0.2, 0) is 10.0 Å². The second kappa shape index (κ2) is 6.33. The largest absolute Gasteiger partial charge is 0.469 e. The number of sulfonamides is 1. The van der Waals surface area contributed by atoms with Gasteiger partial charge in [0.1, 0.15) is 5.76 Å². The Hall–Kier alpha value is -2.12. The molecular formula is C15H18N2O4S. The molecule has 7 heteroatoms. The number of anilines is 1. The molecule has 0 saturated heterocycles. The fourth-order valence-electron chi connectivity index (χ4n) is 1.91. The van der Waals surface area contributed by atoms with Gasteiger partial charge < -0.3 is 9.73 Å². The van der Waals surface area contributed by atoms with Crippen LogP contribution >= 0.6 is 0 Å². The van der Waals surface area contributed by atoms with Crippen LogP contribution in [0, 0.1) is 6.92 Å². The molecule has 1 aromatic heterocycles. The number of aryl methyl sites for hydroxylation is 1. The topological polar surface area (TPSA) is 88.4 Å². The van der Waals surface area contributed by atoms with Crippen molar-refractivity contribution in [3.63, 3.8) is 0 Å². The number of hydrogen-bond donors (Lipinski definition) is 2. The number of rotatable bonds is 5. The van der Waals surface area contributed by atoms with Gasteiger partial charge in [0.15, 0.2) is 0 Å². The van der Waals surface area contributed by atoms with Crippen molar-refractivity contribution in [3.8, 4) is 0 Å². The summed E-state index contributed by atoms with van der Waals surface area (Å²) < 4.78 is 31.6. The lowest BCUT2D eigenvalue weighted by Gasteiger charge is -2.10. The van der Waals surface area contributed by atoms with Crippen molar-refractivity contribution in [2.75, 3.05) is 5.32 Å². The maximum atomic E-state index is 12.0. The Morgan fingerprint density at radius 2 is 1.77 bits per heavy atom. The maximum absolute atomic E-state index is 12.0. The molecule has 118 valence electrons. The van der Waals surface area contributed by atoms with Gasteiger partial charge in [-0.2, -0.15) is 0 Å². The van der Waals surface area contributed by atoms with Gasteiger partial charge in [0, 0.05) is 11.7 Å². The van der Waals surface area contributed by atoms with Crippen molar-refractivity contribution >= 4 is 21.6 Å². The molecule has 0 aliphatic rings. The van der Waals surface area contributed by atoms with Crippen molar-refractivity contribution in [1.82, 2.24) is 4.72 Å². The molecule has 0 spiro atoms. The monoisotopic (exact) mass is 322 g/mol. The molecule has 0 aliphatic heterocycles. The van der Waals surface area contributed by atoms with Crippen LogP contribution in [0.4, 0.5) is 5.69 Å². The quantitative estimate of drug-likeness (QED) is 0.885. The number of carbonyl (C=O) groups excluding carboxylic acids is 1. The van der Waals surface area contributed by atoms with Gasteiger partial charge in [0.2, 0.25) is 10.0 Å². The molecule has 0 radical (unpaired) electrons. The predicted octanol–water partition coefficient (Wildman–Crippen LogP) is 2.53. The van der Waals surface area contributed by atoms with E-state index in [4.69, 9.17) is 4.42 Å². The summed E-state index contributed by atoms with van der Waals surface area (Å²) in [6, 6.07) is 7.37. The third-order valence-corrected chi connectivity index (χ3v) is 4.59. The van der Waals surface area contributed by atoms with Crippen molar-refractivity contribution < 1.29 is 17.6 Å². The summed E-state index contributed by atoms with van der Waals surface area (Å²) in [6.45, 7) is 5.20. The van der Waals surface area contributed by atoms with Gasteiger partial charge >= 0.3 is 0 Å². The summed E-state index contributed by atoms with van der Waals surface area (Å²) in [5.74, 6) is 0.222. The van der Waals surface area contributed by atoms with E-state index in [-0.39, 0.29) is 16.8 Å². The van der Waals surface area contributed by atoms with Crippen molar-refractivity contribution in [1.29, 1.82) is 0 Å². The fourth-order valence-corrected chi connectivity index (χ4v) is 3.17. The molecule has 2 rings (SSSR count). The summed E-state index contributed by atoms with van der Waals surface area (Å²) in [4.78, 5) is 12.2. The number of hydrogen-bond acceptors (Lipinski definition) is 4. The smallest absolute Gasteiger partial charge is 0.259 e. The Kier molecular flexibility index (Phi) is 4.68. The summed E-state index contributed by atoms with van der Waals surface area (Å²) in [5.41, 5.74) is 0.951. The van der Waals surface area contributed by atoms with Gasteiger partial charge in [-0.1, -0.05) is 0 Å².